The Morgan fingerprint density at radius 1 is 1.29 bits per heavy atom. The predicted octanol–water partition coefficient (Wildman–Crippen LogP) is 3.61. The number of hydrogen-bond acceptors (Lipinski definition) is 2. The number of hydrogen-bond donors (Lipinski definition) is 2. The minimum absolute atomic E-state index is 0.0810. The molecule has 0 saturated heterocycles. The normalized spacial score (nSPS) is 10.4. The molecule has 0 aromatic heterocycles. The van der Waals surface area contributed by atoms with Gasteiger partial charge in [-0.25, -0.2) is 4.79 Å². The number of benzene rings is 2. The van der Waals surface area contributed by atoms with Crippen molar-refractivity contribution in [3.05, 3.63) is 53.5 Å². The van der Waals surface area contributed by atoms with Crippen LogP contribution < -0.4 is 5.32 Å². The van der Waals surface area contributed by atoms with Crippen LogP contribution in [0.15, 0.2) is 53.5 Å². The highest BCUT2D eigenvalue weighted by Gasteiger charge is 2.13. The van der Waals surface area contributed by atoms with Crippen molar-refractivity contribution in [3.8, 4) is 0 Å². The van der Waals surface area contributed by atoms with Crippen LogP contribution in [0.25, 0.3) is 10.8 Å². The summed E-state index contributed by atoms with van der Waals surface area (Å²) in [5.74, 6) is 0. The van der Waals surface area contributed by atoms with Gasteiger partial charge in [-0.2, -0.15) is 0 Å². The zero-order valence-corrected chi connectivity index (χ0v) is 13.1. The van der Waals surface area contributed by atoms with Crippen molar-refractivity contribution in [2.45, 2.75) is 0 Å². The molecule has 0 bridgehead atoms. The highest BCUT2D eigenvalue weighted by molar-refractivity contribution is 9.10. The van der Waals surface area contributed by atoms with Crippen LogP contribution in [0.1, 0.15) is 0 Å². The van der Waals surface area contributed by atoms with Crippen LogP contribution in [0.4, 0.5) is 10.5 Å². The number of rotatable bonds is 5. The van der Waals surface area contributed by atoms with E-state index in [-0.39, 0.29) is 19.2 Å². The van der Waals surface area contributed by atoms with E-state index in [0.29, 0.717) is 6.54 Å². The first-order chi connectivity index (χ1) is 10.2. The van der Waals surface area contributed by atoms with Crippen LogP contribution in [0.2, 0.25) is 0 Å². The smallest absolute Gasteiger partial charge is 0.322 e. The van der Waals surface area contributed by atoms with Gasteiger partial charge < -0.3 is 15.3 Å². The molecule has 0 fully saturated rings. The number of anilines is 1. The summed E-state index contributed by atoms with van der Waals surface area (Å²) < 4.78 is 0.981. The molecule has 0 saturated carbocycles. The highest BCUT2D eigenvalue weighted by Crippen LogP contribution is 2.30. The van der Waals surface area contributed by atoms with Crippen molar-refractivity contribution < 1.29 is 9.90 Å². The first-order valence-electron chi connectivity index (χ1n) is 6.62. The molecule has 0 spiro atoms. The molecule has 21 heavy (non-hydrogen) atoms. The van der Waals surface area contributed by atoms with E-state index in [1.807, 2.05) is 36.4 Å². The summed E-state index contributed by atoms with van der Waals surface area (Å²) in [7, 11) is 0. The molecule has 2 aromatic rings. The number of carbonyl (C=O) groups excluding carboxylic acids is 1. The summed E-state index contributed by atoms with van der Waals surface area (Å²) in [5.41, 5.74) is 0.741. The number of amides is 2. The van der Waals surface area contributed by atoms with E-state index < -0.39 is 0 Å². The number of aliphatic hydroxyl groups excluding tert-OH is 1. The number of aliphatic hydroxyl groups is 1. The van der Waals surface area contributed by atoms with Gasteiger partial charge in [0.2, 0.25) is 0 Å². The summed E-state index contributed by atoms with van der Waals surface area (Å²) in [6, 6.07) is 11.3. The molecule has 0 radical (unpaired) electrons. The zero-order valence-electron chi connectivity index (χ0n) is 11.6. The summed E-state index contributed by atoms with van der Waals surface area (Å²) in [6.45, 7) is 4.20. The van der Waals surface area contributed by atoms with Crippen molar-refractivity contribution in [3.63, 3.8) is 0 Å². The topological polar surface area (TPSA) is 52.6 Å². The molecular formula is C16H17BrN2O2. The fourth-order valence-corrected chi connectivity index (χ4v) is 2.60. The van der Waals surface area contributed by atoms with Gasteiger partial charge >= 0.3 is 6.03 Å². The van der Waals surface area contributed by atoms with E-state index in [4.69, 9.17) is 5.11 Å². The maximum atomic E-state index is 12.3. The number of urea groups is 1. The Labute approximate surface area is 132 Å². The Morgan fingerprint density at radius 3 is 2.67 bits per heavy atom. The standard InChI is InChI=1S/C16H17BrN2O2/c1-2-9-19(10-11-20)16(21)18-15-8-7-14(17)12-5-3-4-6-13(12)15/h2-8,20H,1,9-11H2,(H,18,21). The number of fused-ring (bicyclic) bond motifs is 1. The van der Waals surface area contributed by atoms with Crippen molar-refractivity contribution in [1.82, 2.24) is 4.90 Å². The van der Waals surface area contributed by atoms with Gasteiger partial charge in [-0.3, -0.25) is 0 Å². The van der Waals surface area contributed by atoms with Gasteiger partial charge in [0.25, 0.3) is 0 Å². The molecule has 2 aromatic carbocycles. The molecule has 0 atom stereocenters. The fraction of sp³-hybridized carbons (Fsp3) is 0.188. The van der Waals surface area contributed by atoms with Gasteiger partial charge in [0.05, 0.1) is 12.3 Å². The van der Waals surface area contributed by atoms with E-state index in [9.17, 15) is 4.79 Å². The van der Waals surface area contributed by atoms with Crippen LogP contribution in [-0.2, 0) is 0 Å². The SMILES string of the molecule is C=CCN(CCO)C(=O)Nc1ccc(Br)c2ccccc12. The lowest BCUT2D eigenvalue weighted by Gasteiger charge is -2.21. The Kier molecular flexibility index (Phi) is 5.36. The molecule has 2 amide bonds. The lowest BCUT2D eigenvalue weighted by molar-refractivity contribution is 0.195. The maximum Gasteiger partial charge on any atom is 0.322 e. The first-order valence-corrected chi connectivity index (χ1v) is 7.41. The van der Waals surface area contributed by atoms with Gasteiger partial charge in [-0.15, -0.1) is 6.58 Å². The van der Waals surface area contributed by atoms with Crippen molar-refractivity contribution >= 4 is 38.4 Å². The van der Waals surface area contributed by atoms with Gasteiger partial charge in [0.15, 0.2) is 0 Å². The number of halogens is 1. The molecule has 110 valence electrons. The monoisotopic (exact) mass is 348 g/mol. The third-order valence-corrected chi connectivity index (χ3v) is 3.81. The molecule has 0 aliphatic carbocycles. The second kappa shape index (κ2) is 7.24. The van der Waals surface area contributed by atoms with Gasteiger partial charge in [0, 0.05) is 22.9 Å². The van der Waals surface area contributed by atoms with Crippen LogP contribution in [0.3, 0.4) is 0 Å². The van der Waals surface area contributed by atoms with E-state index >= 15 is 0 Å². The third-order valence-electron chi connectivity index (χ3n) is 3.12. The van der Waals surface area contributed by atoms with E-state index in [1.54, 1.807) is 6.08 Å². The predicted molar refractivity (Wildman–Crippen MR) is 89.5 cm³/mol. The number of carbonyl (C=O) groups is 1. The van der Waals surface area contributed by atoms with E-state index in [1.165, 1.54) is 4.90 Å². The average molecular weight is 349 g/mol. The molecule has 2 rings (SSSR count). The lowest BCUT2D eigenvalue weighted by atomic mass is 10.1. The van der Waals surface area contributed by atoms with Gasteiger partial charge in [-0.05, 0) is 17.5 Å². The van der Waals surface area contributed by atoms with E-state index in [0.717, 1.165) is 20.9 Å². The quantitative estimate of drug-likeness (QED) is 0.811. The highest BCUT2D eigenvalue weighted by atomic mass is 79.9. The average Bonchev–Trinajstić information content (AvgIpc) is 2.50. The third kappa shape index (κ3) is 3.62. The molecular weight excluding hydrogens is 332 g/mol. The van der Waals surface area contributed by atoms with Crippen LogP contribution in [-0.4, -0.2) is 35.7 Å². The largest absolute Gasteiger partial charge is 0.395 e. The van der Waals surface area contributed by atoms with Crippen LogP contribution >= 0.6 is 15.9 Å². The zero-order chi connectivity index (χ0) is 15.2. The number of nitrogens with zero attached hydrogens (tertiary/aromatic N) is 1. The lowest BCUT2D eigenvalue weighted by Crippen LogP contribution is -2.37. The Balaban J connectivity index is 2.29. The van der Waals surface area contributed by atoms with Crippen molar-refractivity contribution in [2.24, 2.45) is 0 Å². The molecule has 0 aliphatic rings. The molecule has 0 unspecified atom stereocenters. The summed E-state index contributed by atoms with van der Waals surface area (Å²) >= 11 is 3.51. The summed E-state index contributed by atoms with van der Waals surface area (Å²) in [5, 5.41) is 13.9. The minimum atomic E-state index is -0.253. The molecule has 0 heterocycles. The molecule has 2 N–H and O–H groups in total. The Bertz CT molecular complexity index is 658. The molecule has 5 heteroatoms. The Morgan fingerprint density at radius 2 is 2.00 bits per heavy atom. The van der Waals surface area contributed by atoms with Gasteiger partial charge in [0.1, 0.15) is 0 Å². The summed E-state index contributed by atoms with van der Waals surface area (Å²) in [4.78, 5) is 13.8. The molecule has 4 nitrogen and oxygen atoms in total. The van der Waals surface area contributed by atoms with Gasteiger partial charge in [-0.1, -0.05) is 46.3 Å². The Hall–Kier alpha value is -1.85. The second-order valence-electron chi connectivity index (χ2n) is 4.53. The summed E-state index contributed by atoms with van der Waals surface area (Å²) in [6.07, 6.45) is 1.63. The molecule has 0 aliphatic heterocycles. The first kappa shape index (κ1) is 15.5. The van der Waals surface area contributed by atoms with Crippen LogP contribution in [0.5, 0.6) is 0 Å². The second-order valence-corrected chi connectivity index (χ2v) is 5.38. The van der Waals surface area contributed by atoms with Crippen molar-refractivity contribution in [1.29, 1.82) is 0 Å². The minimum Gasteiger partial charge on any atom is -0.395 e. The van der Waals surface area contributed by atoms with Crippen LogP contribution in [0, 0.1) is 0 Å². The van der Waals surface area contributed by atoms with Crippen molar-refractivity contribution in [2.75, 3.05) is 25.0 Å². The fourth-order valence-electron chi connectivity index (χ4n) is 2.12. The maximum absolute atomic E-state index is 12.3. The van der Waals surface area contributed by atoms with E-state index in [2.05, 4.69) is 27.8 Å². The number of nitrogens with one attached hydrogen (secondary N) is 1.